The van der Waals surface area contributed by atoms with E-state index >= 15 is 0 Å². The van der Waals surface area contributed by atoms with Gasteiger partial charge in [-0.3, -0.25) is 9.78 Å². The average molecular weight is 373 g/mol. The van der Waals surface area contributed by atoms with Crippen molar-refractivity contribution in [1.29, 1.82) is 0 Å². The molecule has 2 atom stereocenters. The molecule has 2 aliphatic rings. The number of aromatic nitrogens is 2. The van der Waals surface area contributed by atoms with E-state index in [0.717, 1.165) is 11.5 Å². The molecule has 2 aromatic rings. The van der Waals surface area contributed by atoms with Gasteiger partial charge in [-0.15, -0.1) is 0 Å². The molecule has 2 saturated heterocycles. The van der Waals surface area contributed by atoms with Gasteiger partial charge in [0.15, 0.2) is 0 Å². The van der Waals surface area contributed by atoms with Crippen LogP contribution in [0.1, 0.15) is 17.9 Å². The molecule has 0 spiro atoms. The molecule has 27 heavy (non-hydrogen) atoms. The Kier molecular flexibility index (Phi) is 5.35. The molecule has 0 bridgehead atoms. The van der Waals surface area contributed by atoms with Crippen LogP contribution in [0.25, 0.3) is 0 Å². The molecule has 144 valence electrons. The van der Waals surface area contributed by atoms with E-state index in [4.69, 9.17) is 18.7 Å². The van der Waals surface area contributed by atoms with Crippen molar-refractivity contribution in [3.63, 3.8) is 0 Å². The van der Waals surface area contributed by atoms with Crippen molar-refractivity contribution < 1.29 is 23.5 Å². The summed E-state index contributed by atoms with van der Waals surface area (Å²) in [5.74, 6) is 1.49. The van der Waals surface area contributed by atoms with E-state index in [9.17, 15) is 4.79 Å². The lowest BCUT2D eigenvalue weighted by molar-refractivity contribution is -0.131. The van der Waals surface area contributed by atoms with Crippen LogP contribution in [0.5, 0.6) is 5.75 Å². The van der Waals surface area contributed by atoms with Gasteiger partial charge in [-0.25, -0.2) is 0 Å². The summed E-state index contributed by atoms with van der Waals surface area (Å²) in [7, 11) is 0. The lowest BCUT2D eigenvalue weighted by atomic mass is 10.2. The fourth-order valence-corrected chi connectivity index (χ4v) is 3.32. The SMILES string of the molecule is Cc1ccc(OC2CO[C@H]3CN(C(=O)CCc4ccno4)C[C@@H]3OC2)cn1. The molecule has 1 amide bonds. The lowest BCUT2D eigenvalue weighted by Gasteiger charge is -2.19. The minimum atomic E-state index is -0.185. The number of hydrogen-bond acceptors (Lipinski definition) is 7. The molecule has 8 nitrogen and oxygen atoms in total. The van der Waals surface area contributed by atoms with Crippen LogP contribution in [-0.2, 0) is 20.7 Å². The zero-order chi connectivity index (χ0) is 18.6. The van der Waals surface area contributed by atoms with Gasteiger partial charge in [0.05, 0.1) is 25.6 Å². The number of amides is 1. The molecule has 4 rings (SSSR count). The molecule has 4 heterocycles. The van der Waals surface area contributed by atoms with Gasteiger partial charge in [-0.05, 0) is 19.1 Å². The highest BCUT2D eigenvalue weighted by atomic mass is 16.6. The van der Waals surface area contributed by atoms with Crippen molar-refractivity contribution in [3.8, 4) is 5.75 Å². The number of hydrogen-bond donors (Lipinski definition) is 0. The first-order valence-corrected chi connectivity index (χ1v) is 9.17. The van der Waals surface area contributed by atoms with Gasteiger partial charge in [-0.2, -0.15) is 0 Å². The van der Waals surface area contributed by atoms with E-state index in [1.54, 1.807) is 23.4 Å². The minimum absolute atomic E-state index is 0.0743. The summed E-state index contributed by atoms with van der Waals surface area (Å²) in [4.78, 5) is 18.5. The molecule has 0 radical (unpaired) electrons. The molecule has 2 fully saturated rings. The molecule has 2 aliphatic heterocycles. The Bertz CT molecular complexity index is 733. The van der Waals surface area contributed by atoms with E-state index in [1.165, 1.54) is 0 Å². The van der Waals surface area contributed by atoms with Gasteiger partial charge in [-0.1, -0.05) is 5.16 Å². The van der Waals surface area contributed by atoms with Crippen molar-refractivity contribution in [1.82, 2.24) is 15.0 Å². The van der Waals surface area contributed by atoms with Gasteiger partial charge < -0.3 is 23.6 Å². The van der Waals surface area contributed by atoms with Crippen molar-refractivity contribution >= 4 is 5.91 Å². The standard InChI is InChI=1S/C19H23N3O5/c1-13-2-3-15(8-20-13)26-16-11-24-17-9-22(10-18(17)25-12-16)19(23)5-4-14-6-7-21-27-14/h2-3,6-8,16-18H,4-5,9-12H2,1H3/t17-,18-/m0/s1. The van der Waals surface area contributed by atoms with Crippen LogP contribution in [0.3, 0.4) is 0 Å². The van der Waals surface area contributed by atoms with Gasteiger partial charge >= 0.3 is 0 Å². The maximum absolute atomic E-state index is 12.4. The van der Waals surface area contributed by atoms with Crippen LogP contribution in [0, 0.1) is 6.92 Å². The summed E-state index contributed by atoms with van der Waals surface area (Å²) in [5.41, 5.74) is 0.943. The number of nitrogens with zero attached hydrogens (tertiary/aromatic N) is 3. The van der Waals surface area contributed by atoms with Crippen molar-refractivity contribution in [2.45, 2.75) is 38.1 Å². The third-order valence-electron chi connectivity index (χ3n) is 4.82. The molecule has 2 aromatic heterocycles. The number of likely N-dealkylation sites (tertiary alicyclic amines) is 1. The molecule has 0 saturated carbocycles. The summed E-state index contributed by atoms with van der Waals surface area (Å²) in [6.45, 7) is 3.86. The van der Waals surface area contributed by atoms with Crippen LogP contribution < -0.4 is 4.74 Å². The summed E-state index contributed by atoms with van der Waals surface area (Å²) < 4.78 is 22.9. The predicted octanol–water partition coefficient (Wildman–Crippen LogP) is 1.38. The average Bonchev–Trinajstić information content (AvgIpc) is 3.30. The fourth-order valence-electron chi connectivity index (χ4n) is 3.32. The van der Waals surface area contributed by atoms with Gasteiger partial charge in [0, 0.05) is 37.7 Å². The first-order chi connectivity index (χ1) is 13.2. The number of aryl methyl sites for hydroxylation is 2. The minimum Gasteiger partial charge on any atom is -0.484 e. The summed E-state index contributed by atoms with van der Waals surface area (Å²) in [5, 5.41) is 3.65. The van der Waals surface area contributed by atoms with Crippen LogP contribution >= 0.6 is 0 Å². The summed E-state index contributed by atoms with van der Waals surface area (Å²) in [6, 6.07) is 5.57. The van der Waals surface area contributed by atoms with Gasteiger partial charge in [0.25, 0.3) is 0 Å². The Morgan fingerprint density at radius 3 is 2.63 bits per heavy atom. The van der Waals surface area contributed by atoms with Crippen molar-refractivity contribution in [2.75, 3.05) is 26.3 Å². The predicted molar refractivity (Wildman–Crippen MR) is 94.3 cm³/mol. The van der Waals surface area contributed by atoms with Crippen LogP contribution in [-0.4, -0.2) is 65.6 Å². The lowest BCUT2D eigenvalue weighted by Crippen LogP contribution is -2.33. The maximum Gasteiger partial charge on any atom is 0.223 e. The quantitative estimate of drug-likeness (QED) is 0.782. The number of pyridine rings is 1. The zero-order valence-corrected chi connectivity index (χ0v) is 15.2. The molecule has 0 aliphatic carbocycles. The van der Waals surface area contributed by atoms with Gasteiger partial charge in [0.1, 0.15) is 29.8 Å². The zero-order valence-electron chi connectivity index (χ0n) is 15.2. The molecule has 0 aromatic carbocycles. The number of carbonyl (C=O) groups excluding carboxylic acids is 1. The molecule has 0 unspecified atom stereocenters. The highest BCUT2D eigenvalue weighted by Crippen LogP contribution is 2.23. The smallest absolute Gasteiger partial charge is 0.223 e. The Morgan fingerprint density at radius 1 is 1.22 bits per heavy atom. The van der Waals surface area contributed by atoms with E-state index in [1.807, 2.05) is 19.1 Å². The van der Waals surface area contributed by atoms with Crippen molar-refractivity contribution in [3.05, 3.63) is 42.0 Å². The molecular weight excluding hydrogens is 350 g/mol. The van der Waals surface area contributed by atoms with Crippen molar-refractivity contribution in [2.24, 2.45) is 0 Å². The van der Waals surface area contributed by atoms with Crippen LogP contribution in [0.4, 0.5) is 0 Å². The molecular formula is C19H23N3O5. The fraction of sp³-hybridized carbons (Fsp3) is 0.526. The van der Waals surface area contributed by atoms with E-state index < -0.39 is 0 Å². The number of carbonyl (C=O) groups is 1. The van der Waals surface area contributed by atoms with E-state index in [-0.39, 0.29) is 24.2 Å². The summed E-state index contributed by atoms with van der Waals surface area (Å²) in [6.07, 6.45) is 3.80. The Balaban J connectivity index is 1.26. The monoisotopic (exact) mass is 373 g/mol. The third kappa shape index (κ3) is 4.45. The van der Waals surface area contributed by atoms with Crippen LogP contribution in [0.2, 0.25) is 0 Å². The van der Waals surface area contributed by atoms with Gasteiger partial charge in [0.2, 0.25) is 5.91 Å². The molecule has 8 heteroatoms. The maximum atomic E-state index is 12.4. The Hall–Kier alpha value is -2.45. The first kappa shape index (κ1) is 17.9. The van der Waals surface area contributed by atoms with Crippen LogP contribution in [0.15, 0.2) is 35.1 Å². The molecule has 0 N–H and O–H groups in total. The highest BCUT2D eigenvalue weighted by Gasteiger charge is 2.39. The third-order valence-corrected chi connectivity index (χ3v) is 4.82. The van der Waals surface area contributed by atoms with E-state index in [2.05, 4.69) is 10.1 Å². The largest absolute Gasteiger partial charge is 0.484 e. The highest BCUT2D eigenvalue weighted by molar-refractivity contribution is 5.76. The number of fused-ring (bicyclic) bond motifs is 1. The second-order valence-corrected chi connectivity index (χ2v) is 6.90. The second-order valence-electron chi connectivity index (χ2n) is 6.90. The Morgan fingerprint density at radius 2 is 2.00 bits per heavy atom. The topological polar surface area (TPSA) is 86.9 Å². The normalized spacial score (nSPS) is 23.1. The second kappa shape index (κ2) is 8.06. The van der Waals surface area contributed by atoms with E-state index in [0.29, 0.717) is 44.9 Å². The number of rotatable bonds is 5. The first-order valence-electron chi connectivity index (χ1n) is 9.17. The number of ether oxygens (including phenoxy) is 3. The Labute approximate surface area is 157 Å². The summed E-state index contributed by atoms with van der Waals surface area (Å²) >= 11 is 0.